The number of nitrogens with one attached hydrogen (secondary N) is 1. The Bertz CT molecular complexity index is 724. The van der Waals surface area contributed by atoms with Crippen LogP contribution in [0.5, 0.6) is 5.75 Å². The van der Waals surface area contributed by atoms with Gasteiger partial charge in [0.05, 0.1) is 0 Å². The lowest BCUT2D eigenvalue weighted by Crippen LogP contribution is -2.30. The van der Waals surface area contributed by atoms with E-state index in [-0.39, 0.29) is 5.69 Å². The molecular weight excluding hydrogens is 290 g/mol. The molecule has 2 rings (SSSR count). The predicted molar refractivity (Wildman–Crippen MR) is 75.5 cm³/mol. The van der Waals surface area contributed by atoms with Crippen molar-refractivity contribution in [2.45, 2.75) is 0 Å². The van der Waals surface area contributed by atoms with Crippen molar-refractivity contribution in [3.05, 3.63) is 48.0 Å². The fraction of sp³-hybridized carbons (Fsp3) is 0.0714. The van der Waals surface area contributed by atoms with Gasteiger partial charge in [0.25, 0.3) is 5.91 Å². The Morgan fingerprint density at radius 1 is 1.32 bits per heavy atom. The van der Waals surface area contributed by atoms with E-state index in [1.54, 1.807) is 6.07 Å². The average molecular weight is 300 g/mol. The van der Waals surface area contributed by atoms with Gasteiger partial charge in [-0.15, -0.1) is 0 Å². The maximum absolute atomic E-state index is 13.2. The van der Waals surface area contributed by atoms with E-state index in [9.17, 15) is 19.1 Å². The lowest BCUT2D eigenvalue weighted by atomic mass is 10.1. The van der Waals surface area contributed by atoms with Gasteiger partial charge in [0.2, 0.25) is 0 Å². The summed E-state index contributed by atoms with van der Waals surface area (Å²) in [7, 11) is 4.63. The minimum atomic E-state index is -0.843. The number of halogens is 1. The fourth-order valence-corrected chi connectivity index (χ4v) is 1.73. The van der Waals surface area contributed by atoms with Gasteiger partial charge in [-0.25, -0.2) is 9.37 Å². The number of nitrogens with zero attached hydrogens (tertiary/aromatic N) is 1. The largest absolute Gasteiger partial charge is 0.542 e. The Morgan fingerprint density at radius 2 is 2.09 bits per heavy atom. The second-order valence-electron chi connectivity index (χ2n) is 4.27. The van der Waals surface area contributed by atoms with E-state index >= 15 is 0 Å². The minimum absolute atomic E-state index is 0.273. The molecule has 0 aliphatic rings. The maximum atomic E-state index is 13.2. The Hall–Kier alpha value is -2.90. The zero-order valence-corrected chi connectivity index (χ0v) is 11.2. The molecule has 0 atom stereocenters. The molecule has 0 bridgehead atoms. The van der Waals surface area contributed by atoms with E-state index in [0.717, 1.165) is 0 Å². The zero-order chi connectivity index (χ0) is 16.1. The molecule has 0 unspecified atom stereocenters. The van der Waals surface area contributed by atoms with Crippen LogP contribution in [0.3, 0.4) is 0 Å². The predicted octanol–water partition coefficient (Wildman–Crippen LogP) is 0.950. The van der Waals surface area contributed by atoms with E-state index in [1.165, 1.54) is 30.5 Å². The number of pyridine rings is 1. The summed E-state index contributed by atoms with van der Waals surface area (Å²) in [6.45, 7) is -0.456. The van der Waals surface area contributed by atoms with E-state index < -0.39 is 30.0 Å². The first kappa shape index (κ1) is 15.5. The first-order valence-electron chi connectivity index (χ1n) is 6.14. The standard InChI is InChI=1S/C14H10BFN2O4/c15-22-12(20)7-18-14(21)13-11(19)5-9(6-17-13)8-2-1-3-10(16)4-8/h1-6,19H,7H2,(H,18,21). The summed E-state index contributed by atoms with van der Waals surface area (Å²) in [5, 5.41) is 12.0. The molecule has 2 radical (unpaired) electrons. The normalized spacial score (nSPS) is 10.0. The van der Waals surface area contributed by atoms with Gasteiger partial charge in [-0.05, 0) is 23.8 Å². The summed E-state index contributed by atoms with van der Waals surface area (Å²) in [6.07, 6.45) is 1.31. The smallest absolute Gasteiger partial charge is 0.378 e. The first-order valence-corrected chi connectivity index (χ1v) is 6.14. The highest BCUT2D eigenvalue weighted by Gasteiger charge is 2.15. The number of carbonyl (C=O) groups excluding carboxylic acids is 2. The van der Waals surface area contributed by atoms with E-state index in [0.29, 0.717) is 11.1 Å². The summed E-state index contributed by atoms with van der Waals surface area (Å²) in [6, 6.07) is 6.98. The molecule has 0 aliphatic carbocycles. The molecule has 0 fully saturated rings. The van der Waals surface area contributed by atoms with Gasteiger partial charge in [0.1, 0.15) is 18.1 Å². The van der Waals surface area contributed by atoms with Crippen LogP contribution in [0.2, 0.25) is 0 Å². The van der Waals surface area contributed by atoms with Crippen LogP contribution in [0.4, 0.5) is 4.39 Å². The van der Waals surface area contributed by atoms with Crippen molar-refractivity contribution < 1.29 is 23.7 Å². The fourth-order valence-electron chi connectivity index (χ4n) is 1.73. The third kappa shape index (κ3) is 3.60. The molecule has 1 aromatic heterocycles. The van der Waals surface area contributed by atoms with Crippen molar-refractivity contribution in [2.24, 2.45) is 0 Å². The number of amides is 1. The van der Waals surface area contributed by atoms with Crippen molar-refractivity contribution in [1.29, 1.82) is 0 Å². The van der Waals surface area contributed by atoms with Gasteiger partial charge in [0.15, 0.2) is 5.69 Å². The van der Waals surface area contributed by atoms with Crippen molar-refractivity contribution in [3.63, 3.8) is 0 Å². The van der Waals surface area contributed by atoms with Crippen LogP contribution < -0.4 is 5.32 Å². The molecule has 0 aliphatic heterocycles. The summed E-state index contributed by atoms with van der Waals surface area (Å²) >= 11 is 0. The molecule has 22 heavy (non-hydrogen) atoms. The molecule has 0 spiro atoms. The highest BCUT2D eigenvalue weighted by Crippen LogP contribution is 2.25. The summed E-state index contributed by atoms with van der Waals surface area (Å²) in [4.78, 5) is 26.4. The zero-order valence-electron chi connectivity index (χ0n) is 11.2. The third-order valence-electron chi connectivity index (χ3n) is 2.77. The van der Waals surface area contributed by atoms with Crippen molar-refractivity contribution in [2.75, 3.05) is 6.54 Å². The summed E-state index contributed by atoms with van der Waals surface area (Å²) in [5.74, 6) is -2.45. The monoisotopic (exact) mass is 300 g/mol. The van der Waals surface area contributed by atoms with E-state index in [2.05, 4.69) is 23.0 Å². The molecule has 110 valence electrons. The minimum Gasteiger partial charge on any atom is -0.542 e. The number of benzene rings is 1. The molecule has 0 saturated heterocycles. The Morgan fingerprint density at radius 3 is 2.73 bits per heavy atom. The maximum Gasteiger partial charge on any atom is 0.378 e. The van der Waals surface area contributed by atoms with Gasteiger partial charge in [0, 0.05) is 11.8 Å². The van der Waals surface area contributed by atoms with Crippen molar-refractivity contribution in [3.8, 4) is 16.9 Å². The van der Waals surface area contributed by atoms with Gasteiger partial charge in [-0.2, -0.15) is 0 Å². The number of aromatic nitrogens is 1. The highest BCUT2D eigenvalue weighted by atomic mass is 19.1. The average Bonchev–Trinajstić information content (AvgIpc) is 2.52. The van der Waals surface area contributed by atoms with Crippen molar-refractivity contribution in [1.82, 2.24) is 10.3 Å². The SMILES string of the molecule is [B]OC(=O)CNC(=O)c1ncc(-c2cccc(F)c2)cc1O. The first-order chi connectivity index (χ1) is 10.5. The second kappa shape index (κ2) is 6.71. The molecule has 0 saturated carbocycles. The molecule has 1 amide bonds. The quantitative estimate of drug-likeness (QED) is 0.821. The second-order valence-corrected chi connectivity index (χ2v) is 4.27. The van der Waals surface area contributed by atoms with Crippen LogP contribution in [0.25, 0.3) is 11.1 Å². The summed E-state index contributed by atoms with van der Waals surface area (Å²) in [5.41, 5.74) is 0.668. The van der Waals surface area contributed by atoms with E-state index in [4.69, 9.17) is 0 Å². The molecule has 6 nitrogen and oxygen atoms in total. The lowest BCUT2D eigenvalue weighted by molar-refractivity contribution is -0.132. The number of hydrogen-bond donors (Lipinski definition) is 2. The molecule has 8 heteroatoms. The molecule has 1 aromatic carbocycles. The molecule has 2 aromatic rings. The Kier molecular flexibility index (Phi) is 4.72. The Labute approximate surface area is 126 Å². The molecule has 1 heterocycles. The van der Waals surface area contributed by atoms with Crippen LogP contribution in [0.15, 0.2) is 36.5 Å². The Balaban J connectivity index is 2.19. The number of aromatic hydroxyl groups is 1. The van der Waals surface area contributed by atoms with Gasteiger partial charge >= 0.3 is 14.0 Å². The van der Waals surface area contributed by atoms with Crippen LogP contribution in [0, 0.1) is 5.82 Å². The van der Waals surface area contributed by atoms with Gasteiger partial charge in [-0.3, -0.25) is 9.59 Å². The summed E-state index contributed by atoms with van der Waals surface area (Å²) < 4.78 is 17.1. The van der Waals surface area contributed by atoms with Crippen LogP contribution in [-0.4, -0.2) is 36.6 Å². The number of hydrogen-bond acceptors (Lipinski definition) is 5. The number of rotatable bonds is 4. The lowest BCUT2D eigenvalue weighted by Gasteiger charge is -2.07. The number of carbonyl (C=O) groups is 2. The van der Waals surface area contributed by atoms with Gasteiger partial charge in [-0.1, -0.05) is 12.1 Å². The van der Waals surface area contributed by atoms with E-state index in [1.807, 2.05) is 0 Å². The van der Waals surface area contributed by atoms with Crippen LogP contribution in [-0.2, 0) is 9.45 Å². The highest BCUT2D eigenvalue weighted by molar-refractivity contribution is 6.06. The third-order valence-corrected chi connectivity index (χ3v) is 2.77. The molecule has 2 N–H and O–H groups in total. The van der Waals surface area contributed by atoms with Gasteiger partial charge < -0.3 is 15.1 Å². The van der Waals surface area contributed by atoms with Crippen molar-refractivity contribution >= 4 is 19.9 Å². The topological polar surface area (TPSA) is 88.5 Å². The van der Waals surface area contributed by atoms with Crippen LogP contribution >= 0.6 is 0 Å². The molecular formula is C14H10BFN2O4. The van der Waals surface area contributed by atoms with Crippen LogP contribution in [0.1, 0.15) is 10.5 Å².